The number of nitrogens with one attached hydrogen (secondary N) is 1. The van der Waals surface area contributed by atoms with Gasteiger partial charge in [-0.15, -0.1) is 0 Å². The Labute approximate surface area is 169 Å². The molecule has 1 N–H and O–H groups in total. The van der Waals surface area contributed by atoms with Gasteiger partial charge in [0.15, 0.2) is 0 Å². The molecule has 0 aliphatic rings. The van der Waals surface area contributed by atoms with Crippen LogP contribution in [0.5, 0.6) is 5.75 Å². The molecule has 0 aliphatic carbocycles. The van der Waals surface area contributed by atoms with Gasteiger partial charge in [-0.05, 0) is 49.2 Å². The predicted octanol–water partition coefficient (Wildman–Crippen LogP) is 4.29. The Hall–Kier alpha value is -2.83. The summed E-state index contributed by atoms with van der Waals surface area (Å²) in [5.74, 6) is -0.0221. The number of hydrogen-bond acceptors (Lipinski definition) is 4. The van der Waals surface area contributed by atoms with E-state index in [0.29, 0.717) is 17.0 Å². The number of ketones is 1. The van der Waals surface area contributed by atoms with E-state index in [1.165, 1.54) is 6.20 Å². The van der Waals surface area contributed by atoms with Gasteiger partial charge in [-0.2, -0.15) is 0 Å². The zero-order valence-corrected chi connectivity index (χ0v) is 17.0. The largest absolute Gasteiger partial charge is 0.488 e. The first-order valence-electron chi connectivity index (χ1n) is 9.46. The third kappa shape index (κ3) is 6.93. The molecule has 1 atom stereocenters. The molecule has 2 rings (SSSR count). The van der Waals surface area contributed by atoms with E-state index >= 15 is 0 Å². The number of carbonyl (C=O) groups is 2. The van der Waals surface area contributed by atoms with Crippen LogP contribution in [0, 0.1) is 12.8 Å². The first-order valence-corrected chi connectivity index (χ1v) is 9.46. The Balaban J connectivity index is 2.10. The van der Waals surface area contributed by atoms with Gasteiger partial charge in [0.05, 0.1) is 6.04 Å². The number of rotatable bonds is 9. The number of halogens is 2. The van der Waals surface area contributed by atoms with Gasteiger partial charge in [-0.1, -0.05) is 19.9 Å². The molecule has 0 aliphatic heterocycles. The van der Waals surface area contributed by atoms with Crippen LogP contribution in [0.1, 0.15) is 54.0 Å². The van der Waals surface area contributed by atoms with Crippen LogP contribution < -0.4 is 10.1 Å². The number of aromatic nitrogens is 1. The Morgan fingerprint density at radius 2 is 1.86 bits per heavy atom. The highest BCUT2D eigenvalue weighted by Gasteiger charge is 2.15. The van der Waals surface area contributed by atoms with Gasteiger partial charge in [0, 0.05) is 29.8 Å². The normalized spacial score (nSPS) is 12.1. The second-order valence-electron chi connectivity index (χ2n) is 7.31. The summed E-state index contributed by atoms with van der Waals surface area (Å²) in [6.07, 6.45) is -0.873. The molecule has 1 unspecified atom stereocenters. The van der Waals surface area contributed by atoms with Crippen molar-refractivity contribution in [3.63, 3.8) is 0 Å². The number of pyridine rings is 1. The summed E-state index contributed by atoms with van der Waals surface area (Å²) in [5.41, 5.74) is 2.53. The summed E-state index contributed by atoms with van der Waals surface area (Å²) in [5, 5.41) is 2.88. The molecule has 2 aromatic rings. The quantitative estimate of drug-likeness (QED) is 0.677. The maximum absolute atomic E-state index is 12.6. The zero-order chi connectivity index (χ0) is 21.6. The molecule has 156 valence electrons. The zero-order valence-electron chi connectivity index (χ0n) is 17.0. The summed E-state index contributed by atoms with van der Waals surface area (Å²) in [6, 6.07) is 7.99. The molecule has 0 saturated carbocycles. The van der Waals surface area contributed by atoms with Gasteiger partial charge in [-0.3, -0.25) is 14.6 Å². The molecule has 7 heteroatoms. The summed E-state index contributed by atoms with van der Waals surface area (Å²) < 4.78 is 29.9. The van der Waals surface area contributed by atoms with E-state index in [9.17, 15) is 18.4 Å². The van der Waals surface area contributed by atoms with Gasteiger partial charge in [0.1, 0.15) is 18.1 Å². The minimum absolute atomic E-state index is 0.0551. The molecule has 0 spiro atoms. The third-order valence-electron chi connectivity index (χ3n) is 4.37. The van der Waals surface area contributed by atoms with Crippen LogP contribution in [-0.2, 0) is 11.2 Å². The summed E-state index contributed by atoms with van der Waals surface area (Å²) in [6.45, 7) is 6.59. The second-order valence-corrected chi connectivity index (χ2v) is 7.31. The van der Waals surface area contributed by atoms with Crippen LogP contribution in [0.4, 0.5) is 8.78 Å². The number of Topliss-reactive ketones (excluding diaryl/α,β-unsaturated/α-hetero) is 1. The first-order chi connectivity index (χ1) is 13.7. The number of alkyl halides is 2. The lowest BCUT2D eigenvalue weighted by molar-refractivity contribution is -0.121. The van der Waals surface area contributed by atoms with Crippen molar-refractivity contribution in [3.05, 3.63) is 58.9 Å². The Morgan fingerprint density at radius 1 is 1.14 bits per heavy atom. The van der Waals surface area contributed by atoms with E-state index in [-0.39, 0.29) is 30.1 Å². The average molecular weight is 404 g/mol. The van der Waals surface area contributed by atoms with Crippen LogP contribution in [0.3, 0.4) is 0 Å². The molecule has 1 aromatic carbocycles. The second kappa shape index (κ2) is 10.1. The number of amides is 1. The van der Waals surface area contributed by atoms with Crippen LogP contribution >= 0.6 is 0 Å². The van der Waals surface area contributed by atoms with Crippen molar-refractivity contribution in [1.29, 1.82) is 0 Å². The van der Waals surface area contributed by atoms with Crippen LogP contribution in [0.2, 0.25) is 0 Å². The lowest BCUT2D eigenvalue weighted by Gasteiger charge is -2.17. The molecule has 5 nitrogen and oxygen atoms in total. The molecule has 1 aromatic heterocycles. The molecule has 1 amide bonds. The lowest BCUT2D eigenvalue weighted by Crippen LogP contribution is -2.27. The van der Waals surface area contributed by atoms with E-state index in [1.807, 2.05) is 26.8 Å². The summed E-state index contributed by atoms with van der Waals surface area (Å²) in [7, 11) is 0. The number of carbonyl (C=O) groups excluding carboxylic acids is 2. The summed E-state index contributed by atoms with van der Waals surface area (Å²) >= 11 is 0. The first kappa shape index (κ1) is 22.5. The highest BCUT2D eigenvalue weighted by molar-refractivity contribution is 5.94. The highest BCUT2D eigenvalue weighted by Crippen LogP contribution is 2.23. The molecule has 0 radical (unpaired) electrons. The van der Waals surface area contributed by atoms with Gasteiger partial charge >= 0.3 is 0 Å². The van der Waals surface area contributed by atoms with Crippen LogP contribution in [-0.4, -0.2) is 29.7 Å². The molecule has 1 heterocycles. The van der Waals surface area contributed by atoms with Crippen molar-refractivity contribution in [2.75, 3.05) is 6.61 Å². The Morgan fingerprint density at radius 3 is 2.52 bits per heavy atom. The SMILES string of the molecule is Cc1cc(OCC(F)F)cc(C(C)NC(=O)c2ccnc(CC(=O)C(C)C)c2)c1. The minimum Gasteiger partial charge on any atom is -0.488 e. The van der Waals surface area contributed by atoms with Gasteiger partial charge < -0.3 is 10.1 Å². The topological polar surface area (TPSA) is 68.3 Å². The Bertz CT molecular complexity index is 869. The molecular formula is C22H26F2N2O3. The van der Waals surface area contributed by atoms with Crippen molar-refractivity contribution in [1.82, 2.24) is 10.3 Å². The smallest absolute Gasteiger partial charge is 0.272 e. The van der Waals surface area contributed by atoms with Gasteiger partial charge in [-0.25, -0.2) is 8.78 Å². The molecule has 0 saturated heterocycles. The third-order valence-corrected chi connectivity index (χ3v) is 4.37. The summed E-state index contributed by atoms with van der Waals surface area (Å²) in [4.78, 5) is 28.7. The lowest BCUT2D eigenvalue weighted by atomic mass is 10.0. The van der Waals surface area contributed by atoms with Crippen LogP contribution in [0.25, 0.3) is 0 Å². The fraction of sp³-hybridized carbons (Fsp3) is 0.409. The Kier molecular flexibility index (Phi) is 7.82. The van der Waals surface area contributed by atoms with E-state index < -0.39 is 13.0 Å². The fourth-order valence-electron chi connectivity index (χ4n) is 2.73. The van der Waals surface area contributed by atoms with Gasteiger partial charge in [0.2, 0.25) is 0 Å². The molecular weight excluding hydrogens is 378 g/mol. The van der Waals surface area contributed by atoms with E-state index in [2.05, 4.69) is 10.3 Å². The van der Waals surface area contributed by atoms with E-state index in [1.54, 1.807) is 31.2 Å². The van der Waals surface area contributed by atoms with Crippen molar-refractivity contribution >= 4 is 11.7 Å². The maximum atomic E-state index is 12.6. The highest BCUT2D eigenvalue weighted by atomic mass is 19.3. The maximum Gasteiger partial charge on any atom is 0.272 e. The number of nitrogens with zero attached hydrogens (tertiary/aromatic N) is 1. The predicted molar refractivity (Wildman–Crippen MR) is 106 cm³/mol. The van der Waals surface area contributed by atoms with Gasteiger partial charge in [0.25, 0.3) is 12.3 Å². The number of aryl methyl sites for hydroxylation is 1. The minimum atomic E-state index is -2.56. The fourth-order valence-corrected chi connectivity index (χ4v) is 2.73. The number of benzene rings is 1. The van der Waals surface area contributed by atoms with Crippen molar-refractivity contribution < 1.29 is 23.1 Å². The number of hydrogen-bond donors (Lipinski definition) is 1. The van der Waals surface area contributed by atoms with Crippen molar-refractivity contribution in [3.8, 4) is 5.75 Å². The molecule has 29 heavy (non-hydrogen) atoms. The van der Waals surface area contributed by atoms with E-state index in [4.69, 9.17) is 4.74 Å². The molecule has 0 fully saturated rings. The van der Waals surface area contributed by atoms with Crippen LogP contribution in [0.15, 0.2) is 36.5 Å². The monoisotopic (exact) mass is 404 g/mol. The van der Waals surface area contributed by atoms with Crippen molar-refractivity contribution in [2.24, 2.45) is 5.92 Å². The van der Waals surface area contributed by atoms with Crippen molar-refractivity contribution in [2.45, 2.75) is 46.6 Å². The molecule has 0 bridgehead atoms. The number of ether oxygens (including phenoxy) is 1. The average Bonchev–Trinajstić information content (AvgIpc) is 2.66. The standard InChI is InChI=1S/C22H26F2N2O3/c1-13(2)20(27)11-18-9-16(5-6-25-18)22(28)26-15(4)17-7-14(3)8-19(10-17)29-12-21(23)24/h5-10,13,15,21H,11-12H2,1-4H3,(H,26,28). The van der Waals surface area contributed by atoms with E-state index in [0.717, 1.165) is 11.1 Å².